The molecule has 0 aliphatic rings. The van der Waals surface area contributed by atoms with Crippen LogP contribution in [0.1, 0.15) is 16.9 Å². The van der Waals surface area contributed by atoms with Crippen LogP contribution in [-0.4, -0.2) is 23.8 Å². The highest BCUT2D eigenvalue weighted by atomic mass is 16.5. The van der Waals surface area contributed by atoms with Crippen molar-refractivity contribution in [3.63, 3.8) is 0 Å². The molecule has 0 radical (unpaired) electrons. The maximum atomic E-state index is 11.3. The number of hydrogen-bond acceptors (Lipinski definition) is 4. The topological polar surface area (TPSA) is 56.3 Å². The van der Waals surface area contributed by atoms with Gasteiger partial charge in [-0.05, 0) is 12.1 Å². The van der Waals surface area contributed by atoms with Crippen molar-refractivity contribution < 1.29 is 14.3 Å². The summed E-state index contributed by atoms with van der Waals surface area (Å²) in [6.07, 6.45) is 1.73. The SMILES string of the molecule is O=COCCC(=O)c1ccccn1. The van der Waals surface area contributed by atoms with E-state index in [-0.39, 0.29) is 18.8 Å². The molecule has 0 aliphatic heterocycles. The molecule has 1 aromatic heterocycles. The van der Waals surface area contributed by atoms with Crippen LogP contribution in [0.4, 0.5) is 0 Å². The molecule has 1 rings (SSSR count). The summed E-state index contributed by atoms with van der Waals surface area (Å²) in [6.45, 7) is 0.435. The zero-order chi connectivity index (χ0) is 9.52. The molecular weight excluding hydrogens is 170 g/mol. The average Bonchev–Trinajstić information content (AvgIpc) is 2.19. The Morgan fingerprint density at radius 2 is 2.38 bits per heavy atom. The van der Waals surface area contributed by atoms with Gasteiger partial charge in [-0.3, -0.25) is 14.6 Å². The number of rotatable bonds is 5. The standard InChI is InChI=1S/C9H9NO3/c11-7-13-6-4-9(12)8-3-1-2-5-10-8/h1-3,5,7H,4,6H2. The van der Waals surface area contributed by atoms with Gasteiger partial charge in [0, 0.05) is 12.6 Å². The zero-order valence-corrected chi connectivity index (χ0v) is 6.97. The first kappa shape index (κ1) is 9.38. The lowest BCUT2D eigenvalue weighted by Crippen LogP contribution is -2.05. The molecule has 0 bridgehead atoms. The summed E-state index contributed by atoms with van der Waals surface area (Å²) in [7, 11) is 0. The van der Waals surface area contributed by atoms with Crippen molar-refractivity contribution >= 4 is 12.3 Å². The number of Topliss-reactive ketones (excluding diaryl/α,β-unsaturated/α-hetero) is 1. The average molecular weight is 179 g/mol. The van der Waals surface area contributed by atoms with E-state index in [0.29, 0.717) is 12.2 Å². The van der Waals surface area contributed by atoms with E-state index in [9.17, 15) is 9.59 Å². The Morgan fingerprint density at radius 1 is 1.54 bits per heavy atom. The quantitative estimate of drug-likeness (QED) is 0.381. The van der Waals surface area contributed by atoms with Crippen LogP contribution in [-0.2, 0) is 9.53 Å². The molecule has 0 saturated carbocycles. The maximum absolute atomic E-state index is 11.3. The Hall–Kier alpha value is -1.71. The highest BCUT2D eigenvalue weighted by Crippen LogP contribution is 1.98. The Labute approximate surface area is 75.5 Å². The summed E-state index contributed by atoms with van der Waals surface area (Å²) in [5, 5.41) is 0. The summed E-state index contributed by atoms with van der Waals surface area (Å²) in [4.78, 5) is 24.9. The summed E-state index contributed by atoms with van der Waals surface area (Å²) < 4.78 is 4.40. The van der Waals surface area contributed by atoms with Crippen molar-refractivity contribution in [1.29, 1.82) is 0 Å². The summed E-state index contributed by atoms with van der Waals surface area (Å²) in [5.74, 6) is -0.123. The molecule has 0 spiro atoms. The third-order valence-electron chi connectivity index (χ3n) is 1.47. The van der Waals surface area contributed by atoms with Gasteiger partial charge in [0.2, 0.25) is 0 Å². The van der Waals surface area contributed by atoms with Crippen LogP contribution in [0.15, 0.2) is 24.4 Å². The van der Waals surface area contributed by atoms with Gasteiger partial charge in [-0.1, -0.05) is 6.07 Å². The van der Waals surface area contributed by atoms with Gasteiger partial charge in [0.15, 0.2) is 5.78 Å². The molecule has 0 aromatic carbocycles. The molecular formula is C9H9NO3. The van der Waals surface area contributed by atoms with Gasteiger partial charge in [-0.15, -0.1) is 0 Å². The van der Waals surface area contributed by atoms with Gasteiger partial charge >= 0.3 is 0 Å². The predicted molar refractivity (Wildman–Crippen MR) is 45.2 cm³/mol. The number of pyridine rings is 1. The molecule has 1 aromatic rings. The van der Waals surface area contributed by atoms with Crippen molar-refractivity contribution in [1.82, 2.24) is 4.98 Å². The second-order valence-electron chi connectivity index (χ2n) is 2.36. The lowest BCUT2D eigenvalue weighted by atomic mass is 10.2. The first-order chi connectivity index (χ1) is 6.34. The van der Waals surface area contributed by atoms with Gasteiger partial charge in [-0.25, -0.2) is 0 Å². The lowest BCUT2D eigenvalue weighted by molar-refractivity contribution is -0.128. The molecule has 13 heavy (non-hydrogen) atoms. The van der Waals surface area contributed by atoms with Crippen LogP contribution in [0.3, 0.4) is 0 Å². The van der Waals surface area contributed by atoms with Crippen LogP contribution < -0.4 is 0 Å². The first-order valence-electron chi connectivity index (χ1n) is 3.84. The van der Waals surface area contributed by atoms with Gasteiger partial charge in [0.25, 0.3) is 6.47 Å². The Kier molecular flexibility index (Phi) is 3.63. The zero-order valence-electron chi connectivity index (χ0n) is 6.97. The van der Waals surface area contributed by atoms with Crippen molar-refractivity contribution in [2.24, 2.45) is 0 Å². The van der Waals surface area contributed by atoms with Crippen LogP contribution in [0, 0.1) is 0 Å². The number of ketones is 1. The largest absolute Gasteiger partial charge is 0.467 e. The number of carbonyl (C=O) groups is 2. The monoisotopic (exact) mass is 179 g/mol. The molecule has 0 saturated heterocycles. The molecule has 0 atom stereocenters. The van der Waals surface area contributed by atoms with Gasteiger partial charge in [-0.2, -0.15) is 0 Å². The third kappa shape index (κ3) is 3.02. The van der Waals surface area contributed by atoms with Crippen molar-refractivity contribution in [3.05, 3.63) is 30.1 Å². The van der Waals surface area contributed by atoms with Crippen LogP contribution in [0.25, 0.3) is 0 Å². The second-order valence-corrected chi connectivity index (χ2v) is 2.36. The Balaban J connectivity index is 2.45. The molecule has 1 heterocycles. The molecule has 68 valence electrons. The fourth-order valence-corrected chi connectivity index (χ4v) is 0.856. The van der Waals surface area contributed by atoms with E-state index in [1.54, 1.807) is 24.4 Å². The Morgan fingerprint density at radius 3 is 3.00 bits per heavy atom. The number of nitrogens with zero attached hydrogens (tertiary/aromatic N) is 1. The smallest absolute Gasteiger partial charge is 0.293 e. The van der Waals surface area contributed by atoms with Crippen molar-refractivity contribution in [3.8, 4) is 0 Å². The van der Waals surface area contributed by atoms with E-state index < -0.39 is 0 Å². The predicted octanol–water partition coefficient (Wildman–Crippen LogP) is 0.827. The molecule has 0 aliphatic carbocycles. The van der Waals surface area contributed by atoms with Crippen LogP contribution >= 0.6 is 0 Å². The van der Waals surface area contributed by atoms with E-state index >= 15 is 0 Å². The highest BCUT2D eigenvalue weighted by Gasteiger charge is 2.05. The molecule has 4 nitrogen and oxygen atoms in total. The summed E-state index contributed by atoms with van der Waals surface area (Å²) in [6, 6.07) is 5.10. The summed E-state index contributed by atoms with van der Waals surface area (Å²) in [5.41, 5.74) is 0.400. The molecule has 0 fully saturated rings. The molecule has 0 amide bonds. The number of hydrogen-bond donors (Lipinski definition) is 0. The lowest BCUT2D eigenvalue weighted by Gasteiger charge is -1.97. The number of carbonyl (C=O) groups excluding carboxylic acids is 2. The van der Waals surface area contributed by atoms with Crippen molar-refractivity contribution in [2.75, 3.05) is 6.61 Å². The molecule has 0 unspecified atom stereocenters. The fourth-order valence-electron chi connectivity index (χ4n) is 0.856. The Bertz CT molecular complexity index is 284. The third-order valence-corrected chi connectivity index (χ3v) is 1.47. The second kappa shape index (κ2) is 5.03. The van der Waals surface area contributed by atoms with E-state index in [1.807, 2.05) is 0 Å². The van der Waals surface area contributed by atoms with Gasteiger partial charge in [0.05, 0.1) is 6.61 Å². The van der Waals surface area contributed by atoms with Crippen molar-refractivity contribution in [2.45, 2.75) is 6.42 Å². The van der Waals surface area contributed by atoms with Crippen LogP contribution in [0.5, 0.6) is 0 Å². The molecule has 0 N–H and O–H groups in total. The van der Waals surface area contributed by atoms with E-state index in [4.69, 9.17) is 0 Å². The van der Waals surface area contributed by atoms with E-state index in [1.165, 1.54) is 0 Å². The minimum Gasteiger partial charge on any atom is -0.467 e. The number of ether oxygens (including phenoxy) is 1. The van der Waals surface area contributed by atoms with E-state index in [0.717, 1.165) is 0 Å². The number of aromatic nitrogens is 1. The van der Waals surface area contributed by atoms with Gasteiger partial charge < -0.3 is 4.74 Å². The fraction of sp³-hybridized carbons (Fsp3) is 0.222. The minimum atomic E-state index is -0.123. The highest BCUT2D eigenvalue weighted by molar-refractivity contribution is 5.94. The molecule has 4 heteroatoms. The first-order valence-corrected chi connectivity index (χ1v) is 3.84. The van der Waals surface area contributed by atoms with E-state index in [2.05, 4.69) is 9.72 Å². The van der Waals surface area contributed by atoms with Crippen LogP contribution in [0.2, 0.25) is 0 Å². The minimum absolute atomic E-state index is 0.110. The maximum Gasteiger partial charge on any atom is 0.293 e. The van der Waals surface area contributed by atoms with Gasteiger partial charge in [0.1, 0.15) is 5.69 Å². The summed E-state index contributed by atoms with van der Waals surface area (Å²) >= 11 is 0. The normalized spacial score (nSPS) is 9.23.